The molecule has 0 aromatic rings. The number of piperidine rings is 1. The minimum absolute atomic E-state index is 0.00165. The monoisotopic (exact) mass is 255 g/mol. The molecule has 2 aliphatic rings. The van der Waals surface area contributed by atoms with Crippen LogP contribution in [0, 0.1) is 5.92 Å². The molecule has 3 heteroatoms. The topological polar surface area (TPSA) is 21.7 Å². The van der Waals surface area contributed by atoms with Gasteiger partial charge in [-0.15, -0.1) is 0 Å². The number of hydrogen-bond acceptors (Lipinski definition) is 3. The zero-order valence-electron chi connectivity index (χ0n) is 12.1. The molecule has 2 fully saturated rings. The van der Waals surface area contributed by atoms with Crippen LogP contribution >= 0.6 is 0 Å². The van der Waals surface area contributed by atoms with Crippen molar-refractivity contribution >= 4 is 0 Å². The van der Waals surface area contributed by atoms with Crippen LogP contribution in [0.25, 0.3) is 0 Å². The van der Waals surface area contributed by atoms with Gasteiger partial charge in [0, 0.05) is 32.2 Å². The lowest BCUT2D eigenvalue weighted by atomic mass is 9.92. The van der Waals surface area contributed by atoms with Crippen LogP contribution in [-0.2, 0) is 9.47 Å². The van der Waals surface area contributed by atoms with E-state index in [2.05, 4.69) is 4.90 Å². The third-order valence-corrected chi connectivity index (χ3v) is 4.47. The standard InChI is InChI=1S/C15H29NO2/c1-3-17-15(18-4-2)10-12-16-11-6-8-13-7-5-9-14(13)16/h13-15H,3-12H2,1-2H3. The predicted octanol–water partition coefficient (Wildman–Crippen LogP) is 3.04. The summed E-state index contributed by atoms with van der Waals surface area (Å²) in [5, 5.41) is 0. The molecule has 0 amide bonds. The molecule has 1 saturated carbocycles. The third-order valence-electron chi connectivity index (χ3n) is 4.47. The van der Waals surface area contributed by atoms with Gasteiger partial charge in [0.2, 0.25) is 0 Å². The summed E-state index contributed by atoms with van der Waals surface area (Å²) in [5.41, 5.74) is 0. The molecule has 0 N–H and O–H groups in total. The van der Waals surface area contributed by atoms with Crippen molar-refractivity contribution < 1.29 is 9.47 Å². The van der Waals surface area contributed by atoms with Gasteiger partial charge in [-0.25, -0.2) is 0 Å². The van der Waals surface area contributed by atoms with Gasteiger partial charge >= 0.3 is 0 Å². The normalized spacial score (nSPS) is 28.8. The molecule has 3 nitrogen and oxygen atoms in total. The molecule has 0 spiro atoms. The Bertz CT molecular complexity index is 229. The first-order valence-corrected chi connectivity index (χ1v) is 7.82. The number of nitrogens with zero attached hydrogens (tertiary/aromatic N) is 1. The maximum absolute atomic E-state index is 5.64. The smallest absolute Gasteiger partial charge is 0.158 e. The first kappa shape index (κ1) is 14.3. The second-order valence-electron chi connectivity index (χ2n) is 5.57. The first-order valence-electron chi connectivity index (χ1n) is 7.82. The molecule has 2 rings (SSSR count). The van der Waals surface area contributed by atoms with Crippen molar-refractivity contribution in [3.63, 3.8) is 0 Å². The lowest BCUT2D eigenvalue weighted by molar-refractivity contribution is -0.143. The number of fused-ring (bicyclic) bond motifs is 1. The zero-order valence-corrected chi connectivity index (χ0v) is 12.1. The molecule has 106 valence electrons. The molecule has 0 aromatic carbocycles. The van der Waals surface area contributed by atoms with Crippen molar-refractivity contribution in [2.24, 2.45) is 5.92 Å². The Balaban J connectivity index is 1.77. The van der Waals surface area contributed by atoms with Gasteiger partial charge < -0.3 is 9.47 Å². The van der Waals surface area contributed by atoms with E-state index < -0.39 is 0 Å². The molecule has 2 unspecified atom stereocenters. The molecule has 18 heavy (non-hydrogen) atoms. The predicted molar refractivity (Wildman–Crippen MR) is 73.6 cm³/mol. The molecule has 1 aliphatic heterocycles. The number of rotatable bonds is 7. The van der Waals surface area contributed by atoms with Crippen LogP contribution in [0.4, 0.5) is 0 Å². The molecular weight excluding hydrogens is 226 g/mol. The highest BCUT2D eigenvalue weighted by atomic mass is 16.7. The van der Waals surface area contributed by atoms with Gasteiger partial charge in [0.15, 0.2) is 6.29 Å². The third kappa shape index (κ3) is 3.69. The largest absolute Gasteiger partial charge is 0.353 e. The fourth-order valence-corrected chi connectivity index (χ4v) is 3.69. The minimum atomic E-state index is 0.00165. The van der Waals surface area contributed by atoms with Gasteiger partial charge in [-0.1, -0.05) is 6.42 Å². The summed E-state index contributed by atoms with van der Waals surface area (Å²) in [6.45, 7) is 8.01. The second kappa shape index (κ2) is 7.46. The van der Waals surface area contributed by atoms with E-state index in [4.69, 9.17) is 9.47 Å². The number of hydrogen-bond donors (Lipinski definition) is 0. The van der Waals surface area contributed by atoms with Gasteiger partial charge in [-0.05, 0) is 52.0 Å². The Morgan fingerprint density at radius 2 is 1.78 bits per heavy atom. The Morgan fingerprint density at radius 3 is 2.50 bits per heavy atom. The lowest BCUT2D eigenvalue weighted by Crippen LogP contribution is -2.44. The molecular formula is C15H29NO2. The van der Waals surface area contributed by atoms with E-state index in [9.17, 15) is 0 Å². The maximum Gasteiger partial charge on any atom is 0.158 e. The molecule has 1 heterocycles. The van der Waals surface area contributed by atoms with Crippen LogP contribution in [0.15, 0.2) is 0 Å². The van der Waals surface area contributed by atoms with Gasteiger partial charge in [-0.3, -0.25) is 4.90 Å². The second-order valence-corrected chi connectivity index (χ2v) is 5.57. The Labute approximate surface area is 112 Å². The van der Waals surface area contributed by atoms with E-state index in [0.717, 1.165) is 38.1 Å². The van der Waals surface area contributed by atoms with E-state index in [1.165, 1.54) is 38.6 Å². The maximum atomic E-state index is 5.64. The average Bonchev–Trinajstić information content (AvgIpc) is 2.85. The first-order chi connectivity index (χ1) is 8.85. The van der Waals surface area contributed by atoms with Crippen LogP contribution < -0.4 is 0 Å². The van der Waals surface area contributed by atoms with E-state index in [-0.39, 0.29) is 6.29 Å². The molecule has 0 bridgehead atoms. The molecule has 2 atom stereocenters. The summed E-state index contributed by atoms with van der Waals surface area (Å²) in [5.74, 6) is 0.983. The number of likely N-dealkylation sites (tertiary alicyclic amines) is 1. The van der Waals surface area contributed by atoms with Crippen molar-refractivity contribution in [3.8, 4) is 0 Å². The van der Waals surface area contributed by atoms with E-state index in [1.807, 2.05) is 13.8 Å². The van der Waals surface area contributed by atoms with Crippen molar-refractivity contribution in [2.75, 3.05) is 26.3 Å². The summed E-state index contributed by atoms with van der Waals surface area (Å²) in [6, 6.07) is 0.864. The van der Waals surface area contributed by atoms with Crippen molar-refractivity contribution in [2.45, 2.75) is 64.7 Å². The van der Waals surface area contributed by atoms with Crippen LogP contribution in [0.3, 0.4) is 0 Å². The Kier molecular flexibility index (Phi) is 5.93. The van der Waals surface area contributed by atoms with Crippen molar-refractivity contribution in [3.05, 3.63) is 0 Å². The van der Waals surface area contributed by atoms with Crippen LogP contribution in [0.1, 0.15) is 52.4 Å². The highest BCUT2D eigenvalue weighted by Gasteiger charge is 2.34. The molecule has 1 saturated heterocycles. The fraction of sp³-hybridized carbons (Fsp3) is 1.00. The molecule has 0 aromatic heterocycles. The number of ether oxygens (including phenoxy) is 2. The van der Waals surface area contributed by atoms with Crippen LogP contribution in [-0.4, -0.2) is 43.5 Å². The summed E-state index contributed by atoms with van der Waals surface area (Å²) in [7, 11) is 0. The van der Waals surface area contributed by atoms with Crippen molar-refractivity contribution in [1.82, 2.24) is 4.90 Å². The van der Waals surface area contributed by atoms with Crippen LogP contribution in [0.2, 0.25) is 0 Å². The van der Waals surface area contributed by atoms with Gasteiger partial charge in [0.05, 0.1) is 0 Å². The highest BCUT2D eigenvalue weighted by Crippen LogP contribution is 2.36. The van der Waals surface area contributed by atoms with E-state index >= 15 is 0 Å². The Hall–Kier alpha value is -0.120. The van der Waals surface area contributed by atoms with E-state index in [1.54, 1.807) is 0 Å². The average molecular weight is 255 g/mol. The fourth-order valence-electron chi connectivity index (χ4n) is 3.69. The quantitative estimate of drug-likeness (QED) is 0.653. The van der Waals surface area contributed by atoms with Crippen molar-refractivity contribution in [1.29, 1.82) is 0 Å². The summed E-state index contributed by atoms with van der Waals surface area (Å²) < 4.78 is 11.3. The minimum Gasteiger partial charge on any atom is -0.353 e. The molecule has 0 radical (unpaired) electrons. The zero-order chi connectivity index (χ0) is 12.8. The van der Waals surface area contributed by atoms with Crippen LogP contribution in [0.5, 0.6) is 0 Å². The van der Waals surface area contributed by atoms with E-state index in [0.29, 0.717) is 0 Å². The summed E-state index contributed by atoms with van der Waals surface area (Å²) >= 11 is 0. The highest BCUT2D eigenvalue weighted by molar-refractivity contribution is 4.89. The lowest BCUT2D eigenvalue weighted by Gasteiger charge is -2.38. The summed E-state index contributed by atoms with van der Waals surface area (Å²) in [6.07, 6.45) is 8.18. The van der Waals surface area contributed by atoms with Gasteiger partial charge in [0.1, 0.15) is 0 Å². The SMILES string of the molecule is CCOC(CCN1CCCC2CCCC21)OCC. The summed E-state index contributed by atoms with van der Waals surface area (Å²) in [4.78, 5) is 2.70. The van der Waals surface area contributed by atoms with Gasteiger partial charge in [0.25, 0.3) is 0 Å². The molecule has 1 aliphatic carbocycles. The van der Waals surface area contributed by atoms with Gasteiger partial charge in [-0.2, -0.15) is 0 Å². The Morgan fingerprint density at radius 1 is 1.06 bits per heavy atom.